The summed E-state index contributed by atoms with van der Waals surface area (Å²) < 4.78 is 0. The van der Waals surface area contributed by atoms with E-state index < -0.39 is 5.66 Å². The number of hydrogen-bond donors (Lipinski definition) is 1. The van der Waals surface area contributed by atoms with Crippen LogP contribution in [-0.2, 0) is 9.59 Å². The number of para-hydroxylation sites is 1. The number of nitrogens with zero attached hydrogens (tertiary/aromatic N) is 2. The van der Waals surface area contributed by atoms with Crippen LogP contribution < -0.4 is 10.2 Å². The zero-order valence-electron chi connectivity index (χ0n) is 18.6. The van der Waals surface area contributed by atoms with Crippen LogP contribution in [0.3, 0.4) is 0 Å². The summed E-state index contributed by atoms with van der Waals surface area (Å²) in [5.41, 5.74) is 0.625. The molecule has 2 heterocycles. The van der Waals surface area contributed by atoms with Gasteiger partial charge in [0.1, 0.15) is 5.66 Å². The molecule has 3 rings (SSSR count). The quantitative estimate of drug-likeness (QED) is 0.583. The Kier molecular flexibility index (Phi) is 7.16. The number of fused-ring (bicyclic) bond motifs is 3. The van der Waals surface area contributed by atoms with E-state index in [1.54, 1.807) is 15.9 Å². The van der Waals surface area contributed by atoms with E-state index in [1.165, 1.54) is 19.3 Å². The van der Waals surface area contributed by atoms with Gasteiger partial charge in [-0.25, -0.2) is 0 Å². The number of carbonyl (C=O) groups is 3. The third-order valence-electron chi connectivity index (χ3n) is 6.43. The molecule has 0 spiro atoms. The van der Waals surface area contributed by atoms with Gasteiger partial charge in [0.15, 0.2) is 0 Å². The van der Waals surface area contributed by atoms with Crippen molar-refractivity contribution in [3.63, 3.8) is 0 Å². The molecule has 1 aromatic rings. The first-order valence-electron chi connectivity index (χ1n) is 11.4. The van der Waals surface area contributed by atoms with Gasteiger partial charge in [0.2, 0.25) is 11.8 Å². The van der Waals surface area contributed by atoms with Crippen molar-refractivity contribution in [3.05, 3.63) is 29.8 Å². The van der Waals surface area contributed by atoms with Gasteiger partial charge < -0.3 is 10.2 Å². The maximum absolute atomic E-state index is 13.2. The van der Waals surface area contributed by atoms with Crippen molar-refractivity contribution >= 4 is 23.4 Å². The molecule has 0 aromatic heterocycles. The van der Waals surface area contributed by atoms with Crippen LogP contribution in [0.5, 0.6) is 0 Å². The van der Waals surface area contributed by atoms with E-state index in [0.29, 0.717) is 43.5 Å². The normalized spacial score (nSPS) is 21.4. The summed E-state index contributed by atoms with van der Waals surface area (Å²) in [6, 6.07) is 7.50. The van der Waals surface area contributed by atoms with Crippen LogP contribution in [0, 0.1) is 0 Å². The topological polar surface area (TPSA) is 69.7 Å². The first-order chi connectivity index (χ1) is 14.4. The molecule has 2 atom stereocenters. The average molecular weight is 414 g/mol. The Balaban J connectivity index is 1.57. The van der Waals surface area contributed by atoms with Crippen molar-refractivity contribution in [1.82, 2.24) is 10.2 Å². The maximum atomic E-state index is 13.2. The third-order valence-corrected chi connectivity index (χ3v) is 6.43. The smallest absolute Gasteiger partial charge is 0.257 e. The number of carbonyl (C=O) groups excluding carboxylic acids is 3. The van der Waals surface area contributed by atoms with E-state index in [-0.39, 0.29) is 23.8 Å². The van der Waals surface area contributed by atoms with Gasteiger partial charge in [-0.15, -0.1) is 0 Å². The summed E-state index contributed by atoms with van der Waals surface area (Å²) in [6.07, 6.45) is 7.82. The zero-order chi connectivity index (χ0) is 21.7. The molecular weight excluding hydrogens is 378 g/mol. The number of hydrogen-bond acceptors (Lipinski definition) is 3. The SMILES string of the molecule is CCCCCCC(C)NC(=O)CCCN1C(=O)c2ccccc2N2C(=O)CCC12C. The summed E-state index contributed by atoms with van der Waals surface area (Å²) in [4.78, 5) is 41.7. The molecule has 6 nitrogen and oxygen atoms in total. The lowest BCUT2D eigenvalue weighted by molar-refractivity contribution is -0.122. The lowest BCUT2D eigenvalue weighted by Gasteiger charge is -2.48. The van der Waals surface area contributed by atoms with Crippen LogP contribution in [0.1, 0.15) is 88.9 Å². The van der Waals surface area contributed by atoms with E-state index in [4.69, 9.17) is 0 Å². The molecule has 0 bridgehead atoms. The van der Waals surface area contributed by atoms with Crippen LogP contribution in [-0.4, -0.2) is 40.9 Å². The molecule has 2 aliphatic rings. The molecule has 30 heavy (non-hydrogen) atoms. The fraction of sp³-hybridized carbons (Fsp3) is 0.625. The number of nitrogens with one attached hydrogen (secondary N) is 1. The van der Waals surface area contributed by atoms with Gasteiger partial charge in [-0.05, 0) is 45.2 Å². The molecule has 6 heteroatoms. The number of amides is 3. The lowest BCUT2D eigenvalue weighted by Crippen LogP contribution is -2.62. The van der Waals surface area contributed by atoms with Crippen molar-refractivity contribution in [3.8, 4) is 0 Å². The van der Waals surface area contributed by atoms with Gasteiger partial charge in [-0.1, -0.05) is 44.7 Å². The third kappa shape index (κ3) is 4.52. The van der Waals surface area contributed by atoms with Crippen molar-refractivity contribution in [2.24, 2.45) is 0 Å². The molecule has 3 amide bonds. The molecule has 164 valence electrons. The lowest BCUT2D eigenvalue weighted by atomic mass is 9.98. The molecule has 2 aliphatic heterocycles. The van der Waals surface area contributed by atoms with Crippen molar-refractivity contribution in [1.29, 1.82) is 0 Å². The largest absolute Gasteiger partial charge is 0.354 e. The zero-order valence-corrected chi connectivity index (χ0v) is 18.6. The van der Waals surface area contributed by atoms with Crippen LogP contribution in [0.2, 0.25) is 0 Å². The molecule has 0 aliphatic carbocycles. The summed E-state index contributed by atoms with van der Waals surface area (Å²) in [5.74, 6) is 0.0354. The Bertz CT molecular complexity index is 794. The van der Waals surface area contributed by atoms with E-state index >= 15 is 0 Å². The Morgan fingerprint density at radius 1 is 1.17 bits per heavy atom. The highest BCUT2D eigenvalue weighted by Gasteiger charge is 2.52. The van der Waals surface area contributed by atoms with E-state index in [0.717, 1.165) is 12.8 Å². The summed E-state index contributed by atoms with van der Waals surface area (Å²) in [7, 11) is 0. The van der Waals surface area contributed by atoms with Crippen LogP contribution >= 0.6 is 0 Å². The Morgan fingerprint density at radius 2 is 1.93 bits per heavy atom. The second-order valence-corrected chi connectivity index (χ2v) is 8.84. The highest BCUT2D eigenvalue weighted by atomic mass is 16.2. The molecule has 0 saturated carbocycles. The number of rotatable bonds is 10. The number of unbranched alkanes of at least 4 members (excludes halogenated alkanes) is 3. The van der Waals surface area contributed by atoms with Gasteiger partial charge >= 0.3 is 0 Å². The average Bonchev–Trinajstić information content (AvgIpc) is 3.03. The molecule has 0 radical (unpaired) electrons. The molecule has 1 N–H and O–H groups in total. The van der Waals surface area contributed by atoms with Gasteiger partial charge in [-0.2, -0.15) is 0 Å². The fourth-order valence-corrected chi connectivity index (χ4v) is 4.74. The second-order valence-electron chi connectivity index (χ2n) is 8.84. The van der Waals surface area contributed by atoms with E-state index in [1.807, 2.05) is 25.1 Å². The molecule has 2 unspecified atom stereocenters. The highest BCUT2D eigenvalue weighted by molar-refractivity contribution is 6.10. The van der Waals surface area contributed by atoms with Gasteiger partial charge in [0.25, 0.3) is 5.91 Å². The first-order valence-corrected chi connectivity index (χ1v) is 11.4. The maximum Gasteiger partial charge on any atom is 0.257 e. The summed E-state index contributed by atoms with van der Waals surface area (Å²) in [6.45, 7) is 6.67. The Hall–Kier alpha value is -2.37. The predicted molar refractivity (Wildman–Crippen MR) is 118 cm³/mol. The van der Waals surface area contributed by atoms with Crippen molar-refractivity contribution < 1.29 is 14.4 Å². The molecule has 1 fully saturated rings. The van der Waals surface area contributed by atoms with Gasteiger partial charge in [-0.3, -0.25) is 19.3 Å². The molecule has 1 aromatic carbocycles. The Morgan fingerprint density at radius 3 is 2.70 bits per heavy atom. The fourth-order valence-electron chi connectivity index (χ4n) is 4.74. The second kappa shape index (κ2) is 9.63. The minimum absolute atomic E-state index is 0.0346. The number of anilines is 1. The van der Waals surface area contributed by atoms with Gasteiger partial charge in [0, 0.05) is 25.4 Å². The van der Waals surface area contributed by atoms with Crippen LogP contribution in [0.15, 0.2) is 24.3 Å². The van der Waals surface area contributed by atoms with Crippen LogP contribution in [0.25, 0.3) is 0 Å². The highest BCUT2D eigenvalue weighted by Crippen LogP contribution is 2.43. The van der Waals surface area contributed by atoms with E-state index in [9.17, 15) is 14.4 Å². The van der Waals surface area contributed by atoms with Crippen LogP contribution in [0.4, 0.5) is 5.69 Å². The standard InChI is InChI=1S/C24H35N3O3/c1-4-5-6-7-11-18(2)25-21(28)14-10-17-26-23(30)19-12-8-9-13-20(19)27-22(29)15-16-24(26,27)3/h8-9,12-13,18H,4-7,10-11,14-17H2,1-3H3,(H,25,28). The minimum atomic E-state index is -0.647. The molecular formula is C24H35N3O3. The van der Waals surface area contributed by atoms with Gasteiger partial charge in [0.05, 0.1) is 11.3 Å². The van der Waals surface area contributed by atoms with Crippen molar-refractivity contribution in [2.45, 2.75) is 90.3 Å². The monoisotopic (exact) mass is 413 g/mol. The summed E-state index contributed by atoms with van der Waals surface area (Å²) in [5, 5.41) is 3.08. The minimum Gasteiger partial charge on any atom is -0.354 e. The van der Waals surface area contributed by atoms with E-state index in [2.05, 4.69) is 19.2 Å². The molecule has 1 saturated heterocycles. The predicted octanol–water partition coefficient (Wildman–Crippen LogP) is 4.24. The summed E-state index contributed by atoms with van der Waals surface area (Å²) >= 11 is 0. The Labute approximate surface area is 180 Å². The first kappa shape index (κ1) is 22.3. The number of benzene rings is 1. The van der Waals surface area contributed by atoms with Crippen molar-refractivity contribution in [2.75, 3.05) is 11.4 Å².